The lowest BCUT2D eigenvalue weighted by atomic mass is 9.78. The highest BCUT2D eigenvalue weighted by Gasteiger charge is 2.32. The van der Waals surface area contributed by atoms with Gasteiger partial charge in [-0.3, -0.25) is 0 Å². The fourth-order valence-corrected chi connectivity index (χ4v) is 15.3. The zero-order valence-electron chi connectivity index (χ0n) is 42.1. The lowest BCUT2D eigenvalue weighted by Gasteiger charge is -2.28. The third kappa shape index (κ3) is 15.9. The van der Waals surface area contributed by atoms with Crippen LogP contribution in [0.3, 0.4) is 0 Å². The first kappa shape index (κ1) is 54.6. The highest BCUT2D eigenvalue weighted by Crippen LogP contribution is 2.50. The summed E-state index contributed by atoms with van der Waals surface area (Å²) in [7, 11) is 0. The molecule has 8 heteroatoms. The molecular formula is C60H80F4S4. The van der Waals surface area contributed by atoms with E-state index < -0.39 is 28.7 Å². The average Bonchev–Trinajstić information content (AvgIpc) is 4.12. The van der Waals surface area contributed by atoms with Gasteiger partial charge in [0.15, 0.2) is 0 Å². The van der Waals surface area contributed by atoms with Gasteiger partial charge in [0.1, 0.15) is 23.3 Å². The van der Waals surface area contributed by atoms with Crippen molar-refractivity contribution in [2.24, 2.45) is 0 Å². The molecule has 0 saturated heterocycles. The number of hydrogen-bond acceptors (Lipinski definition) is 4. The molecule has 2 aromatic carbocycles. The minimum atomic E-state index is -0.535. The first-order valence-electron chi connectivity index (χ1n) is 26.7. The summed E-state index contributed by atoms with van der Waals surface area (Å²) in [5.41, 5.74) is 3.52. The molecule has 0 nitrogen and oxygen atoms in total. The SMILES string of the molecule is CCCCCCCCCCCCCCc1cc(C(C)c2cc(F)cc(F)c2)sc1-c1cc2sc(-c3sc(C(C)(CC)c4cc(F)cc(F)c4)cc3CCCCCCCCCCCCCC)cc2s1. The fraction of sp³-hybridized carbons (Fsp3) is 0.567. The van der Waals surface area contributed by atoms with Crippen molar-refractivity contribution in [3.8, 4) is 19.5 Å². The van der Waals surface area contributed by atoms with Crippen LogP contribution in [0.25, 0.3) is 28.9 Å². The van der Waals surface area contributed by atoms with Crippen LogP contribution >= 0.6 is 45.3 Å². The Bertz CT molecular complexity index is 2320. The summed E-state index contributed by atoms with van der Waals surface area (Å²) in [4.78, 5) is 7.40. The minimum Gasteiger partial charge on any atom is -0.207 e. The van der Waals surface area contributed by atoms with Gasteiger partial charge in [-0.15, -0.1) is 45.3 Å². The van der Waals surface area contributed by atoms with Crippen molar-refractivity contribution in [1.82, 2.24) is 0 Å². The summed E-state index contributed by atoms with van der Waals surface area (Å²) in [5, 5.41) is 0. The van der Waals surface area contributed by atoms with Crippen LogP contribution in [-0.2, 0) is 18.3 Å². The van der Waals surface area contributed by atoms with Gasteiger partial charge in [-0.05, 0) is 103 Å². The van der Waals surface area contributed by atoms with Crippen LogP contribution in [0, 0.1) is 23.3 Å². The molecule has 6 rings (SSSR count). The van der Waals surface area contributed by atoms with Crippen molar-refractivity contribution >= 4 is 54.7 Å². The molecule has 68 heavy (non-hydrogen) atoms. The number of thiophene rings is 4. The molecule has 0 fully saturated rings. The number of hydrogen-bond donors (Lipinski definition) is 0. The Morgan fingerprint density at radius 2 is 0.809 bits per heavy atom. The minimum absolute atomic E-state index is 0.124. The molecule has 0 N–H and O–H groups in total. The highest BCUT2D eigenvalue weighted by atomic mass is 32.1. The normalized spacial score (nSPS) is 13.2. The van der Waals surface area contributed by atoms with E-state index in [-0.39, 0.29) is 5.92 Å². The van der Waals surface area contributed by atoms with Crippen molar-refractivity contribution in [2.75, 3.05) is 0 Å². The van der Waals surface area contributed by atoms with Crippen molar-refractivity contribution in [3.63, 3.8) is 0 Å². The second kappa shape index (κ2) is 28.3. The van der Waals surface area contributed by atoms with E-state index in [0.29, 0.717) is 11.1 Å². The van der Waals surface area contributed by atoms with Crippen molar-refractivity contribution in [1.29, 1.82) is 0 Å². The Balaban J connectivity index is 1.19. The molecule has 2 atom stereocenters. The van der Waals surface area contributed by atoms with Gasteiger partial charge in [0.2, 0.25) is 0 Å². The smallest absolute Gasteiger partial charge is 0.126 e. The number of halogens is 4. The molecule has 0 aliphatic carbocycles. The predicted octanol–water partition coefficient (Wildman–Crippen LogP) is 22.3. The van der Waals surface area contributed by atoms with Gasteiger partial charge >= 0.3 is 0 Å². The van der Waals surface area contributed by atoms with Gasteiger partial charge in [-0.1, -0.05) is 176 Å². The van der Waals surface area contributed by atoms with Gasteiger partial charge in [0, 0.05) is 62.1 Å². The van der Waals surface area contributed by atoms with Gasteiger partial charge in [-0.2, -0.15) is 0 Å². The standard InChI is InChI=1S/C60H80F4S4/c1-6-9-11-13-15-17-19-21-23-25-27-29-31-44-35-52(43(4)46-33-48(61)39-49(62)34-46)67-58(44)55-41-53-54(65-55)42-56(66-53)59-45(32-30-28-26-24-22-20-18-16-14-12-10-7-2)36-57(68-59)60(5,8-3)47-37-50(63)40-51(64)38-47/h33-43H,6-32H2,1-5H3. The van der Waals surface area contributed by atoms with Crippen molar-refractivity contribution in [3.05, 3.63) is 116 Å². The molecule has 6 aromatic rings. The zero-order valence-corrected chi connectivity index (χ0v) is 45.4. The van der Waals surface area contributed by atoms with E-state index in [1.165, 1.54) is 206 Å². The summed E-state index contributed by atoms with van der Waals surface area (Å²) in [6.07, 6.45) is 34.2. The first-order valence-corrected chi connectivity index (χ1v) is 30.0. The highest BCUT2D eigenvalue weighted by molar-refractivity contribution is 7.33. The third-order valence-electron chi connectivity index (χ3n) is 14.5. The van der Waals surface area contributed by atoms with Crippen LogP contribution in [0.4, 0.5) is 17.6 Å². The molecular weight excluding hydrogens is 925 g/mol. The maximum Gasteiger partial charge on any atom is 0.126 e. The molecule has 0 aliphatic heterocycles. The number of fused-ring (bicyclic) bond motifs is 1. The van der Waals surface area contributed by atoms with E-state index in [2.05, 4.69) is 58.9 Å². The van der Waals surface area contributed by atoms with Gasteiger partial charge in [0.05, 0.1) is 0 Å². The molecule has 0 amide bonds. The average molecular weight is 1010 g/mol. The third-order valence-corrected chi connectivity index (χ3v) is 19.9. The summed E-state index contributed by atoms with van der Waals surface area (Å²) in [5.74, 6) is -2.26. The van der Waals surface area contributed by atoms with E-state index in [0.717, 1.165) is 54.0 Å². The van der Waals surface area contributed by atoms with Crippen molar-refractivity contribution in [2.45, 2.75) is 219 Å². The number of aryl methyl sites for hydroxylation is 2. The zero-order chi connectivity index (χ0) is 48.3. The number of rotatable bonds is 33. The summed E-state index contributed by atoms with van der Waals surface area (Å²) >= 11 is 7.29. The van der Waals surface area contributed by atoms with Crippen LogP contribution in [0.5, 0.6) is 0 Å². The Morgan fingerprint density at radius 3 is 1.24 bits per heavy atom. The molecule has 0 saturated carbocycles. The molecule has 0 aliphatic rings. The molecule has 2 unspecified atom stereocenters. The summed E-state index contributed by atoms with van der Waals surface area (Å²) in [6.45, 7) is 10.9. The molecule has 4 aromatic heterocycles. The quantitative estimate of drug-likeness (QED) is 0.0285. The van der Waals surface area contributed by atoms with Gasteiger partial charge in [0.25, 0.3) is 0 Å². The molecule has 0 spiro atoms. The Labute approximate surface area is 424 Å². The van der Waals surface area contributed by atoms with Crippen LogP contribution in [0.2, 0.25) is 0 Å². The number of unbranched alkanes of at least 4 members (excludes halogenated alkanes) is 22. The van der Waals surface area contributed by atoms with Crippen LogP contribution < -0.4 is 0 Å². The summed E-state index contributed by atoms with van der Waals surface area (Å²) in [6, 6.07) is 17.3. The van der Waals surface area contributed by atoms with Crippen LogP contribution in [0.1, 0.15) is 233 Å². The van der Waals surface area contributed by atoms with E-state index in [1.54, 1.807) is 22.7 Å². The van der Waals surface area contributed by atoms with E-state index in [1.807, 2.05) is 22.7 Å². The predicted molar refractivity (Wildman–Crippen MR) is 293 cm³/mol. The van der Waals surface area contributed by atoms with E-state index >= 15 is 0 Å². The van der Waals surface area contributed by atoms with Gasteiger partial charge < -0.3 is 0 Å². The largest absolute Gasteiger partial charge is 0.207 e. The second-order valence-corrected chi connectivity index (χ2v) is 24.3. The molecule has 0 radical (unpaired) electrons. The second-order valence-electron chi connectivity index (χ2n) is 20.0. The van der Waals surface area contributed by atoms with E-state index in [4.69, 9.17) is 0 Å². The summed E-state index contributed by atoms with van der Waals surface area (Å²) < 4.78 is 60.7. The maximum absolute atomic E-state index is 14.7. The van der Waals surface area contributed by atoms with Gasteiger partial charge in [-0.25, -0.2) is 17.6 Å². The fourth-order valence-electron chi connectivity index (χ4n) is 9.91. The number of benzene rings is 2. The first-order chi connectivity index (χ1) is 33.0. The molecule has 4 heterocycles. The topological polar surface area (TPSA) is 0 Å². The monoisotopic (exact) mass is 1000 g/mol. The maximum atomic E-state index is 14.7. The van der Waals surface area contributed by atoms with Crippen LogP contribution in [-0.4, -0.2) is 0 Å². The van der Waals surface area contributed by atoms with E-state index in [9.17, 15) is 17.6 Å². The lowest BCUT2D eigenvalue weighted by molar-refractivity contribution is 0.531. The molecule has 372 valence electrons. The lowest BCUT2D eigenvalue weighted by Crippen LogP contribution is -2.21. The Hall–Kier alpha value is -2.78. The Morgan fingerprint density at radius 1 is 0.426 bits per heavy atom. The Kier molecular flexibility index (Phi) is 22.7. The molecule has 0 bridgehead atoms. The van der Waals surface area contributed by atoms with Crippen molar-refractivity contribution < 1.29 is 17.6 Å². The van der Waals surface area contributed by atoms with Crippen LogP contribution in [0.15, 0.2) is 60.7 Å².